The molecule has 3 rings (SSSR count). The predicted octanol–water partition coefficient (Wildman–Crippen LogP) is 4.61. The highest BCUT2D eigenvalue weighted by Crippen LogP contribution is 2.29. The minimum Gasteiger partial charge on any atom is -0.493 e. The molecule has 1 N–H and O–H groups in total. The van der Waals surface area contributed by atoms with Gasteiger partial charge in [-0.15, -0.1) is 0 Å². The summed E-state index contributed by atoms with van der Waals surface area (Å²) >= 11 is 0. The number of para-hydroxylation sites is 1. The molecule has 0 radical (unpaired) electrons. The summed E-state index contributed by atoms with van der Waals surface area (Å²) in [5.74, 6) is 1.05. The highest BCUT2D eigenvalue weighted by atomic mass is 32.2. The summed E-state index contributed by atoms with van der Waals surface area (Å²) < 4.78 is 37.5. The van der Waals surface area contributed by atoms with Crippen LogP contribution in [0.1, 0.15) is 39.5 Å². The summed E-state index contributed by atoms with van der Waals surface area (Å²) in [4.78, 5) is 12.7. The van der Waals surface area contributed by atoms with Crippen LogP contribution in [0.3, 0.4) is 0 Å². The van der Waals surface area contributed by atoms with Gasteiger partial charge in [-0.2, -0.15) is 0 Å². The van der Waals surface area contributed by atoms with Gasteiger partial charge in [-0.1, -0.05) is 36.4 Å². The van der Waals surface area contributed by atoms with Gasteiger partial charge in [-0.05, 0) is 67.3 Å². The van der Waals surface area contributed by atoms with Gasteiger partial charge < -0.3 is 14.8 Å². The van der Waals surface area contributed by atoms with Crippen molar-refractivity contribution in [3.05, 3.63) is 88.5 Å². The molecule has 0 aromatic heterocycles. The van der Waals surface area contributed by atoms with E-state index in [-0.39, 0.29) is 12.5 Å². The first-order valence-corrected chi connectivity index (χ1v) is 13.2. The summed E-state index contributed by atoms with van der Waals surface area (Å²) in [5.41, 5.74) is 4.62. The summed E-state index contributed by atoms with van der Waals surface area (Å²) in [5, 5.41) is 2.91. The molecule has 0 fully saturated rings. The molecule has 3 aromatic carbocycles. The standard InChI is InChI=1S/C27H32N2O5S/c1-6-34-25-16-22(12-15-24(25)33-4)17-28-27(30)23-13-10-21(11-14-23)18-29(35(5,31)32)26-19(2)8-7-9-20(26)3/h7-16H,6,17-18H2,1-5H3,(H,28,30). The first kappa shape index (κ1) is 26.1. The summed E-state index contributed by atoms with van der Waals surface area (Å²) in [6, 6.07) is 18.2. The Balaban J connectivity index is 1.71. The lowest BCUT2D eigenvalue weighted by atomic mass is 10.1. The van der Waals surface area contributed by atoms with Crippen LogP contribution in [0.2, 0.25) is 0 Å². The molecule has 0 bridgehead atoms. The molecular weight excluding hydrogens is 464 g/mol. The molecule has 0 saturated heterocycles. The fraction of sp³-hybridized carbons (Fsp3) is 0.296. The SMILES string of the molecule is CCOc1cc(CNC(=O)c2ccc(CN(c3c(C)cccc3C)S(C)(=O)=O)cc2)ccc1OC. The predicted molar refractivity (Wildman–Crippen MR) is 139 cm³/mol. The van der Waals surface area contributed by atoms with Crippen LogP contribution >= 0.6 is 0 Å². The van der Waals surface area contributed by atoms with E-state index in [2.05, 4.69) is 5.32 Å². The van der Waals surface area contributed by atoms with E-state index in [1.54, 1.807) is 31.4 Å². The summed E-state index contributed by atoms with van der Waals surface area (Å²) in [6.45, 7) is 6.72. The maximum Gasteiger partial charge on any atom is 0.251 e. The number of sulfonamides is 1. The van der Waals surface area contributed by atoms with Crippen LogP contribution in [-0.2, 0) is 23.1 Å². The number of rotatable bonds is 10. The number of methoxy groups -OCH3 is 1. The quantitative estimate of drug-likeness (QED) is 0.443. The van der Waals surface area contributed by atoms with Gasteiger partial charge in [-0.3, -0.25) is 9.10 Å². The summed E-state index contributed by atoms with van der Waals surface area (Å²) in [7, 11) is -1.92. The van der Waals surface area contributed by atoms with Gasteiger partial charge >= 0.3 is 0 Å². The van der Waals surface area contributed by atoms with E-state index in [4.69, 9.17) is 9.47 Å². The van der Waals surface area contributed by atoms with Crippen molar-refractivity contribution in [1.82, 2.24) is 5.32 Å². The summed E-state index contributed by atoms with van der Waals surface area (Å²) in [6.07, 6.45) is 1.21. The van der Waals surface area contributed by atoms with Crippen molar-refractivity contribution in [2.45, 2.75) is 33.9 Å². The molecule has 8 heteroatoms. The first-order valence-electron chi connectivity index (χ1n) is 11.3. The topological polar surface area (TPSA) is 84.9 Å². The minimum absolute atomic E-state index is 0.179. The molecule has 0 atom stereocenters. The van der Waals surface area contributed by atoms with E-state index < -0.39 is 10.0 Å². The Morgan fingerprint density at radius 2 is 1.57 bits per heavy atom. The maximum atomic E-state index is 12.7. The van der Waals surface area contributed by atoms with E-state index in [0.29, 0.717) is 35.9 Å². The lowest BCUT2D eigenvalue weighted by Gasteiger charge is -2.26. The lowest BCUT2D eigenvalue weighted by molar-refractivity contribution is 0.0951. The second kappa shape index (κ2) is 11.3. The number of aryl methyl sites for hydroxylation is 2. The van der Waals surface area contributed by atoms with Gasteiger partial charge in [0, 0.05) is 12.1 Å². The Labute approximate surface area is 207 Å². The van der Waals surface area contributed by atoms with Crippen LogP contribution in [0.25, 0.3) is 0 Å². The molecule has 1 amide bonds. The second-order valence-corrected chi connectivity index (χ2v) is 10.2. The molecule has 0 aliphatic carbocycles. The Hall–Kier alpha value is -3.52. The van der Waals surface area contributed by atoms with Crippen LogP contribution in [0.15, 0.2) is 60.7 Å². The third-order valence-corrected chi connectivity index (χ3v) is 6.72. The normalized spacial score (nSPS) is 11.1. The lowest BCUT2D eigenvalue weighted by Crippen LogP contribution is -2.30. The van der Waals surface area contributed by atoms with E-state index in [1.165, 1.54) is 10.6 Å². The van der Waals surface area contributed by atoms with Crippen LogP contribution in [0.4, 0.5) is 5.69 Å². The maximum absolute atomic E-state index is 12.7. The number of amides is 1. The molecular formula is C27H32N2O5S. The molecule has 0 unspecified atom stereocenters. The van der Waals surface area contributed by atoms with Crippen LogP contribution < -0.4 is 19.1 Å². The van der Waals surface area contributed by atoms with E-state index in [9.17, 15) is 13.2 Å². The fourth-order valence-electron chi connectivity index (χ4n) is 3.87. The Kier molecular flexibility index (Phi) is 8.40. The molecule has 186 valence electrons. The molecule has 0 aliphatic heterocycles. The van der Waals surface area contributed by atoms with Crippen LogP contribution in [0.5, 0.6) is 11.5 Å². The minimum atomic E-state index is -3.50. The van der Waals surface area contributed by atoms with Gasteiger partial charge in [-0.25, -0.2) is 8.42 Å². The van der Waals surface area contributed by atoms with Crippen molar-refractivity contribution in [3.8, 4) is 11.5 Å². The number of anilines is 1. The van der Waals surface area contributed by atoms with Gasteiger partial charge in [0.2, 0.25) is 10.0 Å². The van der Waals surface area contributed by atoms with Crippen LogP contribution in [0, 0.1) is 13.8 Å². The van der Waals surface area contributed by atoms with E-state index >= 15 is 0 Å². The number of benzene rings is 3. The molecule has 0 aliphatic rings. The Morgan fingerprint density at radius 3 is 2.14 bits per heavy atom. The number of hydrogen-bond donors (Lipinski definition) is 1. The van der Waals surface area contributed by atoms with Gasteiger partial charge in [0.1, 0.15) is 0 Å². The third-order valence-electron chi connectivity index (χ3n) is 5.61. The smallest absolute Gasteiger partial charge is 0.251 e. The van der Waals surface area contributed by atoms with Gasteiger partial charge in [0.25, 0.3) is 5.91 Å². The molecule has 0 spiro atoms. The first-order chi connectivity index (χ1) is 16.6. The van der Waals surface area contributed by atoms with Gasteiger partial charge in [0.15, 0.2) is 11.5 Å². The van der Waals surface area contributed by atoms with Crippen molar-refractivity contribution in [3.63, 3.8) is 0 Å². The zero-order chi connectivity index (χ0) is 25.6. The third kappa shape index (κ3) is 6.54. The number of hydrogen-bond acceptors (Lipinski definition) is 5. The van der Waals surface area contributed by atoms with Crippen molar-refractivity contribution in [1.29, 1.82) is 0 Å². The molecule has 0 saturated carbocycles. The Morgan fingerprint density at radius 1 is 0.943 bits per heavy atom. The average Bonchev–Trinajstić information content (AvgIpc) is 2.82. The van der Waals surface area contributed by atoms with Crippen molar-refractivity contribution < 1.29 is 22.7 Å². The van der Waals surface area contributed by atoms with Crippen LogP contribution in [-0.4, -0.2) is 34.3 Å². The van der Waals surface area contributed by atoms with Crippen molar-refractivity contribution in [2.24, 2.45) is 0 Å². The van der Waals surface area contributed by atoms with E-state index in [1.807, 2.05) is 57.2 Å². The average molecular weight is 497 g/mol. The van der Waals surface area contributed by atoms with Crippen molar-refractivity contribution in [2.75, 3.05) is 24.3 Å². The molecule has 0 heterocycles. The number of nitrogens with zero attached hydrogens (tertiary/aromatic N) is 1. The largest absolute Gasteiger partial charge is 0.493 e. The molecule has 7 nitrogen and oxygen atoms in total. The second-order valence-electron chi connectivity index (χ2n) is 8.31. The highest BCUT2D eigenvalue weighted by Gasteiger charge is 2.21. The van der Waals surface area contributed by atoms with E-state index in [0.717, 1.165) is 22.3 Å². The number of carbonyl (C=O) groups excluding carboxylic acids is 1. The Bertz CT molecular complexity index is 1270. The molecule has 3 aromatic rings. The van der Waals surface area contributed by atoms with Gasteiger partial charge in [0.05, 0.1) is 32.2 Å². The number of nitrogens with one attached hydrogen (secondary N) is 1. The fourth-order valence-corrected chi connectivity index (χ4v) is 4.88. The number of carbonyl (C=O) groups is 1. The zero-order valence-electron chi connectivity index (χ0n) is 20.8. The number of ether oxygens (including phenoxy) is 2. The van der Waals surface area contributed by atoms with Crippen molar-refractivity contribution >= 4 is 21.6 Å². The highest BCUT2D eigenvalue weighted by molar-refractivity contribution is 7.92. The zero-order valence-corrected chi connectivity index (χ0v) is 21.6. The molecule has 35 heavy (non-hydrogen) atoms. The monoisotopic (exact) mass is 496 g/mol.